The lowest BCUT2D eigenvalue weighted by atomic mass is 9.80. The highest BCUT2D eigenvalue weighted by molar-refractivity contribution is 6.33. The van der Waals surface area contributed by atoms with E-state index in [1.807, 2.05) is 22.9 Å². The SMILES string of the molecule is CC1CCCCC1Cn1nnnc1-c1c(N)cccc1Cl. The number of aromatic nitrogens is 4. The number of nitrogens with zero attached hydrogens (tertiary/aromatic N) is 4. The predicted octanol–water partition coefficient (Wildman–Crippen LogP) is 3.40. The summed E-state index contributed by atoms with van der Waals surface area (Å²) in [6.45, 7) is 3.14. The van der Waals surface area contributed by atoms with Gasteiger partial charge < -0.3 is 5.73 Å². The lowest BCUT2D eigenvalue weighted by Crippen LogP contribution is -2.23. The molecule has 0 bridgehead atoms. The summed E-state index contributed by atoms with van der Waals surface area (Å²) in [5.41, 5.74) is 7.38. The number of anilines is 1. The van der Waals surface area contributed by atoms with Gasteiger partial charge in [-0.15, -0.1) is 5.10 Å². The fraction of sp³-hybridized carbons (Fsp3) is 0.533. The molecule has 5 nitrogen and oxygen atoms in total. The molecule has 21 heavy (non-hydrogen) atoms. The Kier molecular flexibility index (Phi) is 4.10. The van der Waals surface area contributed by atoms with Gasteiger partial charge in [-0.05, 0) is 40.8 Å². The number of tetrazole rings is 1. The Morgan fingerprint density at radius 3 is 2.90 bits per heavy atom. The van der Waals surface area contributed by atoms with E-state index in [4.69, 9.17) is 17.3 Å². The van der Waals surface area contributed by atoms with Crippen molar-refractivity contribution in [2.24, 2.45) is 11.8 Å². The number of hydrogen-bond donors (Lipinski definition) is 1. The lowest BCUT2D eigenvalue weighted by Gasteiger charge is -2.28. The number of hydrogen-bond acceptors (Lipinski definition) is 4. The number of halogens is 1. The van der Waals surface area contributed by atoms with Gasteiger partial charge in [0.15, 0.2) is 5.82 Å². The standard InChI is InChI=1S/C15H20ClN5/c1-10-5-2-3-6-11(10)9-21-15(18-19-20-21)14-12(16)7-4-8-13(14)17/h4,7-8,10-11H,2-3,5-6,9,17H2,1H3. The summed E-state index contributed by atoms with van der Waals surface area (Å²) >= 11 is 6.28. The van der Waals surface area contributed by atoms with Crippen molar-refractivity contribution in [3.63, 3.8) is 0 Å². The Morgan fingerprint density at radius 1 is 1.33 bits per heavy atom. The fourth-order valence-electron chi connectivity index (χ4n) is 3.17. The summed E-state index contributed by atoms with van der Waals surface area (Å²) in [4.78, 5) is 0. The molecule has 2 N–H and O–H groups in total. The van der Waals surface area contributed by atoms with Gasteiger partial charge in [0, 0.05) is 12.2 Å². The molecule has 1 aliphatic carbocycles. The zero-order valence-electron chi connectivity index (χ0n) is 12.2. The van der Waals surface area contributed by atoms with Gasteiger partial charge in [0.05, 0.1) is 10.6 Å². The van der Waals surface area contributed by atoms with E-state index in [0.29, 0.717) is 28.4 Å². The number of nitrogens with two attached hydrogens (primary N) is 1. The number of nitrogen functional groups attached to an aromatic ring is 1. The zero-order chi connectivity index (χ0) is 14.8. The second-order valence-corrected chi connectivity index (χ2v) is 6.32. The van der Waals surface area contributed by atoms with Crippen LogP contribution in [0.3, 0.4) is 0 Å². The van der Waals surface area contributed by atoms with Crippen LogP contribution in [0.5, 0.6) is 0 Å². The predicted molar refractivity (Wildman–Crippen MR) is 83.8 cm³/mol. The van der Waals surface area contributed by atoms with E-state index < -0.39 is 0 Å². The lowest BCUT2D eigenvalue weighted by molar-refractivity contribution is 0.221. The van der Waals surface area contributed by atoms with Gasteiger partial charge in [0.1, 0.15) is 0 Å². The molecule has 1 saturated carbocycles. The third-order valence-electron chi connectivity index (χ3n) is 4.50. The summed E-state index contributed by atoms with van der Waals surface area (Å²) in [6, 6.07) is 5.47. The summed E-state index contributed by atoms with van der Waals surface area (Å²) in [7, 11) is 0. The summed E-state index contributed by atoms with van der Waals surface area (Å²) in [5, 5.41) is 12.7. The average Bonchev–Trinajstić information content (AvgIpc) is 2.89. The molecule has 0 amide bonds. The molecule has 1 fully saturated rings. The largest absolute Gasteiger partial charge is 0.398 e. The molecule has 1 aromatic heterocycles. The summed E-state index contributed by atoms with van der Waals surface area (Å²) in [6.07, 6.45) is 5.15. The first-order valence-corrected chi connectivity index (χ1v) is 7.85. The highest BCUT2D eigenvalue weighted by atomic mass is 35.5. The second-order valence-electron chi connectivity index (χ2n) is 5.91. The van der Waals surface area contributed by atoms with Gasteiger partial charge in [-0.3, -0.25) is 0 Å². The summed E-state index contributed by atoms with van der Waals surface area (Å²) < 4.78 is 1.85. The third kappa shape index (κ3) is 2.88. The number of benzene rings is 1. The van der Waals surface area contributed by atoms with Gasteiger partial charge in [-0.25, -0.2) is 4.68 Å². The van der Waals surface area contributed by atoms with Crippen LogP contribution in [-0.2, 0) is 6.54 Å². The van der Waals surface area contributed by atoms with Gasteiger partial charge in [-0.2, -0.15) is 0 Å². The molecule has 1 aliphatic rings. The molecule has 1 aromatic carbocycles. The molecule has 0 radical (unpaired) electrons. The van der Waals surface area contributed by atoms with Crippen molar-refractivity contribution < 1.29 is 0 Å². The fourth-order valence-corrected chi connectivity index (χ4v) is 3.44. The van der Waals surface area contributed by atoms with E-state index in [1.165, 1.54) is 25.7 Å². The monoisotopic (exact) mass is 305 g/mol. The topological polar surface area (TPSA) is 69.6 Å². The highest BCUT2D eigenvalue weighted by Crippen LogP contribution is 2.34. The molecular formula is C15H20ClN5. The molecule has 112 valence electrons. The maximum absolute atomic E-state index is 6.28. The van der Waals surface area contributed by atoms with E-state index in [0.717, 1.165) is 12.1 Å². The zero-order valence-corrected chi connectivity index (χ0v) is 12.9. The molecule has 6 heteroatoms. The summed E-state index contributed by atoms with van der Waals surface area (Å²) in [5.74, 6) is 1.99. The van der Waals surface area contributed by atoms with E-state index >= 15 is 0 Å². The van der Waals surface area contributed by atoms with Crippen LogP contribution in [0.4, 0.5) is 5.69 Å². The smallest absolute Gasteiger partial charge is 0.185 e. The molecule has 0 saturated heterocycles. The van der Waals surface area contributed by atoms with Crippen LogP contribution >= 0.6 is 11.6 Å². The van der Waals surface area contributed by atoms with E-state index in [2.05, 4.69) is 22.4 Å². The number of rotatable bonds is 3. The van der Waals surface area contributed by atoms with Crippen LogP contribution in [0.15, 0.2) is 18.2 Å². The van der Waals surface area contributed by atoms with Crippen LogP contribution < -0.4 is 5.73 Å². The normalized spacial score (nSPS) is 22.4. The quantitative estimate of drug-likeness (QED) is 0.882. The van der Waals surface area contributed by atoms with Crippen molar-refractivity contribution in [2.45, 2.75) is 39.2 Å². The van der Waals surface area contributed by atoms with Gasteiger partial charge in [-0.1, -0.05) is 43.9 Å². The molecule has 2 atom stereocenters. The van der Waals surface area contributed by atoms with Gasteiger partial charge in [0.2, 0.25) is 0 Å². The maximum atomic E-state index is 6.28. The molecule has 2 unspecified atom stereocenters. The molecule has 1 heterocycles. The molecule has 2 aromatic rings. The minimum Gasteiger partial charge on any atom is -0.398 e. The van der Waals surface area contributed by atoms with Crippen LogP contribution in [0.1, 0.15) is 32.6 Å². The Labute approximate surface area is 129 Å². The van der Waals surface area contributed by atoms with Crippen molar-refractivity contribution in [1.82, 2.24) is 20.2 Å². The minimum absolute atomic E-state index is 0.586. The van der Waals surface area contributed by atoms with Crippen molar-refractivity contribution in [3.8, 4) is 11.4 Å². The van der Waals surface area contributed by atoms with E-state index in [1.54, 1.807) is 0 Å². The molecular weight excluding hydrogens is 286 g/mol. The first-order chi connectivity index (χ1) is 10.2. The van der Waals surface area contributed by atoms with Crippen molar-refractivity contribution >= 4 is 17.3 Å². The van der Waals surface area contributed by atoms with Crippen molar-refractivity contribution in [3.05, 3.63) is 23.2 Å². The Bertz CT molecular complexity index is 604. The average molecular weight is 306 g/mol. The molecule has 3 rings (SSSR count). The Hall–Kier alpha value is -1.62. The van der Waals surface area contributed by atoms with Gasteiger partial charge in [0.25, 0.3) is 0 Å². The first-order valence-electron chi connectivity index (χ1n) is 7.47. The van der Waals surface area contributed by atoms with Crippen LogP contribution in [0, 0.1) is 11.8 Å². The van der Waals surface area contributed by atoms with Crippen LogP contribution in [-0.4, -0.2) is 20.2 Å². The van der Waals surface area contributed by atoms with Gasteiger partial charge >= 0.3 is 0 Å². The molecule has 0 aliphatic heterocycles. The van der Waals surface area contributed by atoms with Crippen molar-refractivity contribution in [2.75, 3.05) is 5.73 Å². The third-order valence-corrected chi connectivity index (χ3v) is 4.81. The molecule has 0 spiro atoms. The first kappa shape index (κ1) is 14.3. The maximum Gasteiger partial charge on any atom is 0.185 e. The van der Waals surface area contributed by atoms with Crippen molar-refractivity contribution in [1.29, 1.82) is 0 Å². The van der Waals surface area contributed by atoms with Crippen LogP contribution in [0.25, 0.3) is 11.4 Å². The Balaban J connectivity index is 1.90. The van der Waals surface area contributed by atoms with E-state index in [9.17, 15) is 0 Å². The minimum atomic E-state index is 0.586. The second kappa shape index (κ2) is 6.02. The highest BCUT2D eigenvalue weighted by Gasteiger charge is 2.24. The van der Waals surface area contributed by atoms with E-state index in [-0.39, 0.29) is 0 Å². The van der Waals surface area contributed by atoms with Crippen LogP contribution in [0.2, 0.25) is 5.02 Å². The Morgan fingerprint density at radius 2 is 2.14 bits per heavy atom.